The van der Waals surface area contributed by atoms with E-state index in [4.69, 9.17) is 28.9 Å². The molecule has 1 atom stereocenters. The van der Waals surface area contributed by atoms with Gasteiger partial charge in [0.1, 0.15) is 0 Å². The number of sulfonamides is 1. The van der Waals surface area contributed by atoms with Gasteiger partial charge in [-0.05, 0) is 63.1 Å². The fourth-order valence-electron chi connectivity index (χ4n) is 5.45. The predicted octanol–water partition coefficient (Wildman–Crippen LogP) is 3.51. The molecule has 1 saturated heterocycles. The summed E-state index contributed by atoms with van der Waals surface area (Å²) in [6.45, 7) is 0.473. The SMILES string of the molecule is NC1CCC(NC(=O)C2N(C(=O)C3CCCCC3)CCCN2S(=O)(=O)c2ccc(Cl)c(Cl)c2)CC1. The van der Waals surface area contributed by atoms with Gasteiger partial charge >= 0.3 is 0 Å². The first-order valence-corrected chi connectivity index (χ1v) is 14.7. The molecule has 1 aromatic rings. The first-order valence-electron chi connectivity index (χ1n) is 12.5. The van der Waals surface area contributed by atoms with Gasteiger partial charge in [-0.3, -0.25) is 9.59 Å². The van der Waals surface area contributed by atoms with Gasteiger partial charge in [0.2, 0.25) is 15.9 Å². The van der Waals surface area contributed by atoms with Crippen molar-refractivity contribution in [1.82, 2.24) is 14.5 Å². The van der Waals surface area contributed by atoms with Crippen molar-refractivity contribution in [3.8, 4) is 0 Å². The summed E-state index contributed by atoms with van der Waals surface area (Å²) in [6, 6.07) is 4.12. The van der Waals surface area contributed by atoms with Crippen molar-refractivity contribution in [1.29, 1.82) is 0 Å². The van der Waals surface area contributed by atoms with Crippen LogP contribution in [0.3, 0.4) is 0 Å². The Labute approximate surface area is 217 Å². The van der Waals surface area contributed by atoms with Crippen molar-refractivity contribution in [2.24, 2.45) is 11.7 Å². The monoisotopic (exact) mass is 544 g/mol. The van der Waals surface area contributed by atoms with Crippen molar-refractivity contribution in [2.45, 2.75) is 87.4 Å². The second-order valence-electron chi connectivity index (χ2n) is 9.91. The highest BCUT2D eigenvalue weighted by atomic mass is 35.5. The Hall–Kier alpha value is -1.39. The van der Waals surface area contributed by atoms with Crippen LogP contribution >= 0.6 is 23.2 Å². The van der Waals surface area contributed by atoms with Gasteiger partial charge in [0, 0.05) is 31.1 Å². The Morgan fingerprint density at radius 1 is 0.914 bits per heavy atom. The highest BCUT2D eigenvalue weighted by Gasteiger charge is 2.46. The molecule has 2 aliphatic carbocycles. The number of nitrogens with two attached hydrogens (primary N) is 1. The van der Waals surface area contributed by atoms with Gasteiger partial charge in [-0.2, -0.15) is 4.31 Å². The van der Waals surface area contributed by atoms with Crippen LogP contribution in [0, 0.1) is 5.92 Å². The standard InChI is InChI=1S/C24H34Cl2N4O4S/c25-20-12-11-19(15-21(20)26)35(33,34)30-14-4-13-29(24(32)16-5-2-1-3-6-16)23(30)22(31)28-18-9-7-17(27)8-10-18/h11-12,15-18,23H,1-10,13-14,27H2,(H,28,31). The summed E-state index contributed by atoms with van der Waals surface area (Å²) in [5.74, 6) is -0.776. The summed E-state index contributed by atoms with van der Waals surface area (Å²) >= 11 is 12.1. The fraction of sp³-hybridized carbons (Fsp3) is 0.667. The normalized spacial score (nSPS) is 26.9. The number of nitrogens with zero attached hydrogens (tertiary/aromatic N) is 2. The summed E-state index contributed by atoms with van der Waals surface area (Å²) in [7, 11) is -4.13. The highest BCUT2D eigenvalue weighted by molar-refractivity contribution is 7.89. The molecule has 0 bridgehead atoms. The van der Waals surface area contributed by atoms with Crippen LogP contribution in [0.25, 0.3) is 0 Å². The van der Waals surface area contributed by atoms with Crippen molar-refractivity contribution in [3.05, 3.63) is 28.2 Å². The third-order valence-electron chi connectivity index (χ3n) is 7.43. The molecule has 2 amide bonds. The number of benzene rings is 1. The van der Waals surface area contributed by atoms with Crippen LogP contribution in [0.4, 0.5) is 0 Å². The highest BCUT2D eigenvalue weighted by Crippen LogP contribution is 2.32. The molecular weight excluding hydrogens is 511 g/mol. The molecule has 3 fully saturated rings. The molecule has 1 unspecified atom stereocenters. The summed E-state index contributed by atoms with van der Waals surface area (Å²) in [6.07, 6.45) is 6.82. The van der Waals surface area contributed by atoms with Crippen molar-refractivity contribution in [2.75, 3.05) is 13.1 Å². The molecule has 0 radical (unpaired) electrons. The first-order chi connectivity index (χ1) is 16.7. The Bertz CT molecular complexity index is 1040. The Morgan fingerprint density at radius 2 is 1.60 bits per heavy atom. The minimum Gasteiger partial charge on any atom is -0.350 e. The van der Waals surface area contributed by atoms with Crippen molar-refractivity contribution < 1.29 is 18.0 Å². The molecule has 0 aromatic heterocycles. The molecular formula is C24H34Cl2N4O4S. The molecule has 0 spiro atoms. The summed E-state index contributed by atoms with van der Waals surface area (Å²) in [5.41, 5.74) is 6.01. The van der Waals surface area contributed by atoms with E-state index in [2.05, 4.69) is 5.32 Å². The molecule has 1 aliphatic heterocycles. The van der Waals surface area contributed by atoms with E-state index in [1.807, 2.05) is 0 Å². The molecule has 1 aromatic carbocycles. The lowest BCUT2D eigenvalue weighted by atomic mass is 9.88. The molecule has 3 aliphatic rings. The number of amides is 2. The van der Waals surface area contributed by atoms with Gasteiger partial charge in [-0.15, -0.1) is 0 Å². The Balaban J connectivity index is 1.65. The van der Waals surface area contributed by atoms with Crippen LogP contribution in [0.15, 0.2) is 23.1 Å². The third-order valence-corrected chi connectivity index (χ3v) is 10.0. The summed E-state index contributed by atoms with van der Waals surface area (Å²) in [5, 5.41) is 3.38. The predicted molar refractivity (Wildman–Crippen MR) is 135 cm³/mol. The fourth-order valence-corrected chi connectivity index (χ4v) is 7.43. The number of hydrogen-bond donors (Lipinski definition) is 2. The zero-order valence-electron chi connectivity index (χ0n) is 19.8. The number of halogens is 2. The number of rotatable bonds is 5. The van der Waals surface area contributed by atoms with Crippen molar-refractivity contribution in [3.63, 3.8) is 0 Å². The third kappa shape index (κ3) is 5.96. The van der Waals surface area contributed by atoms with Crippen LogP contribution in [0.5, 0.6) is 0 Å². The van der Waals surface area contributed by atoms with Gasteiger partial charge in [-0.1, -0.05) is 42.5 Å². The van der Waals surface area contributed by atoms with Crippen molar-refractivity contribution >= 4 is 45.0 Å². The lowest BCUT2D eigenvalue weighted by Gasteiger charge is -2.44. The first kappa shape index (κ1) is 26.7. The molecule has 1 heterocycles. The second-order valence-corrected chi connectivity index (χ2v) is 12.6. The second kappa shape index (κ2) is 11.3. The van der Waals surface area contributed by atoms with E-state index in [0.717, 1.165) is 62.1 Å². The summed E-state index contributed by atoms with van der Waals surface area (Å²) < 4.78 is 28.6. The average molecular weight is 546 g/mol. The molecule has 11 heteroatoms. The zero-order chi connectivity index (χ0) is 25.2. The minimum absolute atomic E-state index is 0.0553. The van der Waals surface area contributed by atoms with E-state index in [1.54, 1.807) is 0 Å². The van der Waals surface area contributed by atoms with Crippen LogP contribution in [-0.2, 0) is 19.6 Å². The lowest BCUT2D eigenvalue weighted by Crippen LogP contribution is -2.65. The number of nitrogens with one attached hydrogen (secondary N) is 1. The maximum atomic E-state index is 13.7. The molecule has 3 N–H and O–H groups in total. The maximum Gasteiger partial charge on any atom is 0.259 e. The van der Waals surface area contributed by atoms with Gasteiger partial charge < -0.3 is 16.0 Å². The van der Waals surface area contributed by atoms with Gasteiger partial charge in [0.05, 0.1) is 14.9 Å². The minimum atomic E-state index is -4.13. The molecule has 2 saturated carbocycles. The quantitative estimate of drug-likeness (QED) is 0.588. The number of hydrogen-bond acceptors (Lipinski definition) is 5. The Morgan fingerprint density at radius 3 is 2.26 bits per heavy atom. The van der Waals surface area contributed by atoms with E-state index in [0.29, 0.717) is 13.0 Å². The van der Waals surface area contributed by atoms with Crippen LogP contribution in [0.1, 0.15) is 64.2 Å². The van der Waals surface area contributed by atoms with Crippen LogP contribution in [0.2, 0.25) is 10.0 Å². The van der Waals surface area contributed by atoms with E-state index in [-0.39, 0.29) is 45.4 Å². The molecule has 35 heavy (non-hydrogen) atoms. The smallest absolute Gasteiger partial charge is 0.259 e. The van der Waals surface area contributed by atoms with E-state index in [9.17, 15) is 18.0 Å². The number of carbonyl (C=O) groups is 2. The topological polar surface area (TPSA) is 113 Å². The molecule has 194 valence electrons. The van der Waals surface area contributed by atoms with Gasteiger partial charge in [-0.25, -0.2) is 8.42 Å². The van der Waals surface area contributed by atoms with E-state index in [1.165, 1.54) is 23.1 Å². The van der Waals surface area contributed by atoms with Gasteiger partial charge in [0.25, 0.3) is 5.91 Å². The average Bonchev–Trinajstić information content (AvgIpc) is 2.86. The maximum absolute atomic E-state index is 13.7. The van der Waals surface area contributed by atoms with Crippen LogP contribution in [-0.4, -0.2) is 60.8 Å². The number of carbonyl (C=O) groups excluding carboxylic acids is 2. The zero-order valence-corrected chi connectivity index (χ0v) is 22.1. The van der Waals surface area contributed by atoms with Gasteiger partial charge in [0.15, 0.2) is 6.17 Å². The largest absolute Gasteiger partial charge is 0.350 e. The lowest BCUT2D eigenvalue weighted by molar-refractivity contribution is -0.151. The summed E-state index contributed by atoms with van der Waals surface area (Å²) in [4.78, 5) is 28.7. The van der Waals surface area contributed by atoms with Crippen LogP contribution < -0.4 is 11.1 Å². The van der Waals surface area contributed by atoms with E-state index >= 15 is 0 Å². The molecule has 4 rings (SSSR count). The molecule has 8 nitrogen and oxygen atoms in total. The Kier molecular flexibility index (Phi) is 8.64. The van der Waals surface area contributed by atoms with E-state index < -0.39 is 22.1 Å².